The van der Waals surface area contributed by atoms with Crippen molar-refractivity contribution in [2.24, 2.45) is 0 Å². The van der Waals surface area contributed by atoms with Crippen molar-refractivity contribution in [3.8, 4) is 0 Å². The van der Waals surface area contributed by atoms with E-state index in [4.69, 9.17) is 0 Å². The maximum absolute atomic E-state index is 0. The summed E-state index contributed by atoms with van der Waals surface area (Å²) in [6.07, 6.45) is 0. The Kier molecular flexibility index (Phi) is 264. The average Bonchev–Trinajstić information content (AvgIpc) is 0. The number of hydrogen-bond donors (Lipinski definition) is 0. The van der Waals surface area contributed by atoms with Gasteiger partial charge in [0.15, 0.2) is 0 Å². The van der Waals surface area contributed by atoms with Crippen LogP contribution in [-0.4, -0.2) is 5.48 Å². The fourth-order valence-corrected chi connectivity index (χ4v) is 0. The monoisotopic (exact) mass is 204 g/mol. The first-order valence-corrected chi connectivity index (χ1v) is 0. The molecule has 0 aliphatic rings. The molecular formula is H3CoNaNiOSc. The maximum atomic E-state index is 0. The van der Waals surface area contributed by atoms with E-state index in [0.29, 0.717) is 0 Å². The molecule has 0 saturated carbocycles. The molecule has 0 atom stereocenters. The van der Waals surface area contributed by atoms with E-state index < -0.39 is 0 Å². The van der Waals surface area contributed by atoms with Crippen molar-refractivity contribution in [1.29, 1.82) is 0 Å². The Morgan fingerprint density at radius 3 is 1.20 bits per heavy atom. The van der Waals surface area contributed by atoms with Gasteiger partial charge in [0.25, 0.3) is 0 Å². The molecule has 2 N–H and O–H groups in total. The topological polar surface area (TPSA) is 31.5 Å². The quantitative estimate of drug-likeness (QED) is 0.364. The Morgan fingerprint density at radius 1 is 1.20 bits per heavy atom. The van der Waals surface area contributed by atoms with E-state index in [0.717, 1.165) is 0 Å². The second-order valence-corrected chi connectivity index (χ2v) is 0. The Bertz CT molecular complexity index is 15.5. The fraction of sp³-hybridized carbons (Fsp3) is 0. The van der Waals surface area contributed by atoms with Crippen LogP contribution >= 0.6 is 0 Å². The molecule has 0 unspecified atom stereocenters. The third-order valence-corrected chi connectivity index (χ3v) is 0. The van der Waals surface area contributed by atoms with Crippen LogP contribution in [0.1, 0.15) is 1.43 Å². The molecule has 0 heterocycles. The molecular weight excluding hydrogens is 202 g/mol. The molecule has 0 aromatic carbocycles. The molecule has 0 aromatic heterocycles. The first-order valence-electron chi connectivity index (χ1n) is 0. The molecule has 0 rings (SSSR count). The Hall–Kier alpha value is 2.83. The summed E-state index contributed by atoms with van der Waals surface area (Å²) in [5.74, 6) is 0. The van der Waals surface area contributed by atoms with Crippen LogP contribution < -0.4 is 29.6 Å². The number of rotatable bonds is 0. The molecule has 0 saturated heterocycles. The van der Waals surface area contributed by atoms with Gasteiger partial charge < -0.3 is 6.90 Å². The van der Waals surface area contributed by atoms with Crippen molar-refractivity contribution < 1.29 is 95.6 Å². The minimum atomic E-state index is 0. The average molecular weight is 205 g/mol. The Morgan fingerprint density at radius 2 is 1.20 bits per heavy atom. The predicted molar refractivity (Wildman–Crippen MR) is 4.73 cm³/mol. The summed E-state index contributed by atoms with van der Waals surface area (Å²) in [5.41, 5.74) is 0. The normalized spacial score (nSPS) is 0. The van der Waals surface area contributed by atoms with E-state index in [9.17, 15) is 0 Å². The van der Waals surface area contributed by atoms with Crippen LogP contribution in [0.25, 0.3) is 0 Å². The molecule has 0 aliphatic carbocycles. The van der Waals surface area contributed by atoms with Crippen molar-refractivity contribution in [1.82, 2.24) is 0 Å². The maximum Gasteiger partial charge on any atom is 1.00 e. The molecule has 0 aliphatic heterocycles. The third kappa shape index (κ3) is 19.9. The van der Waals surface area contributed by atoms with Gasteiger partial charge in [-0.05, 0) is 0 Å². The minimum absolute atomic E-state index is 0. The second-order valence-electron chi connectivity index (χ2n) is 0. The summed E-state index contributed by atoms with van der Waals surface area (Å²) in [4.78, 5) is 0. The van der Waals surface area contributed by atoms with Gasteiger partial charge in [-0.3, -0.25) is 0 Å². The van der Waals surface area contributed by atoms with E-state index in [1.54, 1.807) is 0 Å². The molecule has 0 amide bonds. The van der Waals surface area contributed by atoms with Crippen molar-refractivity contribution >= 4 is 0 Å². The standard InChI is InChI=1S/Co.Na.Ni.H2O.Sc.H/h;;;1H2;;/q;+1;;;;-1. The third-order valence-electron chi connectivity index (χ3n) is 0. The molecule has 1 nitrogen and oxygen atoms in total. The van der Waals surface area contributed by atoms with Crippen LogP contribution in [0.4, 0.5) is 0 Å². The van der Waals surface area contributed by atoms with Crippen molar-refractivity contribution in [2.75, 3.05) is 0 Å². The molecule has 5 heavy (non-hydrogen) atoms. The van der Waals surface area contributed by atoms with Gasteiger partial charge in [0.05, 0.1) is 0 Å². The van der Waals surface area contributed by atoms with Gasteiger partial charge in [-0.15, -0.1) is 0 Å². The van der Waals surface area contributed by atoms with E-state index in [1.807, 2.05) is 0 Å². The largest absolute Gasteiger partial charge is 1.00 e. The van der Waals surface area contributed by atoms with Gasteiger partial charge >= 0.3 is 29.6 Å². The van der Waals surface area contributed by atoms with Gasteiger partial charge in [-0.2, -0.15) is 0 Å². The van der Waals surface area contributed by atoms with Crippen LogP contribution in [0, 0.1) is 0 Å². The molecule has 5 heteroatoms. The Labute approximate surface area is 94.0 Å². The molecule has 32 valence electrons. The first-order chi connectivity index (χ1) is 0. The zero-order valence-corrected chi connectivity index (χ0v) is 8.56. The summed E-state index contributed by atoms with van der Waals surface area (Å²) < 4.78 is 0. The zero-order chi connectivity index (χ0) is 0. The van der Waals surface area contributed by atoms with Gasteiger partial charge in [-0.1, -0.05) is 0 Å². The van der Waals surface area contributed by atoms with Crippen LogP contribution in [0.15, 0.2) is 0 Å². The molecule has 0 bridgehead atoms. The summed E-state index contributed by atoms with van der Waals surface area (Å²) in [6, 6.07) is 0. The number of hydrogen-bond acceptors (Lipinski definition) is 0. The second kappa shape index (κ2) is 29.0. The summed E-state index contributed by atoms with van der Waals surface area (Å²) >= 11 is 0. The van der Waals surface area contributed by atoms with Gasteiger partial charge in [-0.25, -0.2) is 0 Å². The fourth-order valence-electron chi connectivity index (χ4n) is 0. The molecule has 0 fully saturated rings. The molecule has 0 spiro atoms. The van der Waals surface area contributed by atoms with Crippen LogP contribution in [-0.2, 0) is 59.1 Å². The van der Waals surface area contributed by atoms with Gasteiger partial charge in [0, 0.05) is 59.1 Å². The zero-order valence-electron chi connectivity index (χ0n) is 3.73. The molecule has 0 aromatic rings. The minimum Gasteiger partial charge on any atom is -1.00 e. The van der Waals surface area contributed by atoms with E-state index >= 15 is 0 Å². The van der Waals surface area contributed by atoms with Crippen molar-refractivity contribution in [3.63, 3.8) is 0 Å². The van der Waals surface area contributed by atoms with Gasteiger partial charge in [0.1, 0.15) is 0 Å². The van der Waals surface area contributed by atoms with Crippen LogP contribution in [0.2, 0.25) is 0 Å². The first kappa shape index (κ1) is 45.6. The Balaban J connectivity index is 0. The van der Waals surface area contributed by atoms with Crippen molar-refractivity contribution in [3.05, 3.63) is 0 Å². The van der Waals surface area contributed by atoms with E-state index in [-0.39, 0.29) is 95.6 Å². The van der Waals surface area contributed by atoms with E-state index in [1.165, 1.54) is 0 Å². The predicted octanol–water partition coefficient (Wildman–Crippen LogP) is -3.72. The van der Waals surface area contributed by atoms with Crippen LogP contribution in [0.5, 0.6) is 0 Å². The smallest absolute Gasteiger partial charge is 1.00 e. The van der Waals surface area contributed by atoms with E-state index in [2.05, 4.69) is 0 Å². The summed E-state index contributed by atoms with van der Waals surface area (Å²) in [5, 5.41) is 0. The summed E-state index contributed by atoms with van der Waals surface area (Å²) in [6.45, 7) is 0. The van der Waals surface area contributed by atoms with Gasteiger partial charge in [0.2, 0.25) is 0 Å². The van der Waals surface area contributed by atoms with Crippen molar-refractivity contribution in [2.45, 2.75) is 0 Å². The SMILES string of the molecule is O.[Co].[H-].[Na+].[Ni].[Sc]. The van der Waals surface area contributed by atoms with Crippen LogP contribution in [0.3, 0.4) is 0 Å². The summed E-state index contributed by atoms with van der Waals surface area (Å²) in [7, 11) is 0. The molecule has 2 radical (unpaired) electrons.